The number of ether oxygens (including phenoxy) is 2. The molecule has 1 aliphatic heterocycles. The Morgan fingerprint density at radius 2 is 2.06 bits per heavy atom. The highest BCUT2D eigenvalue weighted by Gasteiger charge is 2.23. The normalized spacial score (nSPS) is 15.4. The number of aryl methyl sites for hydroxylation is 1. The third-order valence-corrected chi connectivity index (χ3v) is 7.63. The predicted molar refractivity (Wildman–Crippen MR) is 131 cm³/mol. The summed E-state index contributed by atoms with van der Waals surface area (Å²) in [6.07, 6.45) is 3.07. The van der Waals surface area contributed by atoms with Crippen molar-refractivity contribution in [3.05, 3.63) is 68.0 Å². The van der Waals surface area contributed by atoms with E-state index in [0.29, 0.717) is 32.4 Å². The van der Waals surface area contributed by atoms with Gasteiger partial charge in [0.15, 0.2) is 0 Å². The molecule has 10 nitrogen and oxygen atoms in total. The number of nitrogens with one attached hydrogen (secondary N) is 1. The highest BCUT2D eigenvalue weighted by molar-refractivity contribution is 7.20. The summed E-state index contributed by atoms with van der Waals surface area (Å²) in [5, 5.41) is 12.1. The Balaban J connectivity index is 1.29. The lowest BCUT2D eigenvalue weighted by Gasteiger charge is -2.05. The molecule has 0 saturated carbocycles. The molecule has 1 aromatic carbocycles. The van der Waals surface area contributed by atoms with E-state index in [0.717, 1.165) is 34.7 Å². The second kappa shape index (κ2) is 10.0. The first-order chi connectivity index (χ1) is 17.0. The van der Waals surface area contributed by atoms with E-state index >= 15 is 0 Å². The number of carbonyl (C=O) groups excluding carboxylic acids is 2. The van der Waals surface area contributed by atoms with Crippen LogP contribution < -0.4 is 10.9 Å². The van der Waals surface area contributed by atoms with E-state index < -0.39 is 17.4 Å². The second-order valence-corrected chi connectivity index (χ2v) is 9.98. The molecule has 4 aromatic rings. The Bertz CT molecular complexity index is 1440. The van der Waals surface area contributed by atoms with Crippen molar-refractivity contribution in [2.45, 2.75) is 39.0 Å². The first-order valence-electron chi connectivity index (χ1n) is 10.9. The van der Waals surface area contributed by atoms with Gasteiger partial charge in [0, 0.05) is 6.61 Å². The van der Waals surface area contributed by atoms with Crippen LogP contribution in [0.15, 0.2) is 41.5 Å². The summed E-state index contributed by atoms with van der Waals surface area (Å²) >= 11 is 2.35. The number of thiophene rings is 1. The fraction of sp³-hybridized carbons (Fsp3) is 0.304. The average Bonchev–Trinajstić information content (AvgIpc) is 3.61. The number of nitrogens with zero attached hydrogens (tertiary/aromatic N) is 4. The standard InChI is InChI=1S/C23H21N5O5S2/c1-13-17-20(34-18(13)22(31)33-11-14-6-3-2-4-7-14)24-12-28(21(17)30)10-16(29)25-23-27-26-19(35-23)15-8-5-9-32-15/h2-4,6-7,12,15H,5,8-11H2,1H3,(H,25,27,29). The van der Waals surface area contributed by atoms with Crippen LogP contribution >= 0.6 is 22.7 Å². The Morgan fingerprint density at radius 1 is 1.23 bits per heavy atom. The topological polar surface area (TPSA) is 125 Å². The molecule has 1 amide bonds. The first-order valence-corrected chi connectivity index (χ1v) is 12.6. The van der Waals surface area contributed by atoms with Gasteiger partial charge in [-0.1, -0.05) is 41.7 Å². The number of fused-ring (bicyclic) bond motifs is 1. The van der Waals surface area contributed by atoms with Gasteiger partial charge in [-0.15, -0.1) is 21.5 Å². The van der Waals surface area contributed by atoms with Gasteiger partial charge in [-0.25, -0.2) is 9.78 Å². The zero-order valence-electron chi connectivity index (χ0n) is 18.7. The van der Waals surface area contributed by atoms with Crippen LogP contribution in [0.4, 0.5) is 5.13 Å². The van der Waals surface area contributed by atoms with Crippen LogP contribution in [0.2, 0.25) is 0 Å². The molecule has 180 valence electrons. The molecule has 0 spiro atoms. The summed E-state index contributed by atoms with van der Waals surface area (Å²) in [6, 6.07) is 9.34. The minimum absolute atomic E-state index is 0.0810. The van der Waals surface area contributed by atoms with Crippen molar-refractivity contribution in [1.82, 2.24) is 19.7 Å². The quantitative estimate of drug-likeness (QED) is 0.374. The van der Waals surface area contributed by atoms with Crippen LogP contribution in [-0.2, 0) is 27.4 Å². The molecule has 1 saturated heterocycles. The minimum atomic E-state index is -0.517. The van der Waals surface area contributed by atoms with E-state index in [9.17, 15) is 14.4 Å². The van der Waals surface area contributed by atoms with Gasteiger partial charge < -0.3 is 9.47 Å². The van der Waals surface area contributed by atoms with Crippen molar-refractivity contribution >= 4 is 49.9 Å². The number of aromatic nitrogens is 4. The maximum Gasteiger partial charge on any atom is 0.349 e. The smallest absolute Gasteiger partial charge is 0.349 e. The van der Waals surface area contributed by atoms with Gasteiger partial charge in [-0.3, -0.25) is 19.5 Å². The lowest BCUT2D eigenvalue weighted by atomic mass is 10.2. The van der Waals surface area contributed by atoms with Crippen LogP contribution in [0.3, 0.4) is 0 Å². The maximum atomic E-state index is 13.1. The van der Waals surface area contributed by atoms with E-state index in [-0.39, 0.29) is 19.3 Å². The molecule has 5 rings (SSSR count). The summed E-state index contributed by atoms with van der Waals surface area (Å²) < 4.78 is 12.2. The van der Waals surface area contributed by atoms with Gasteiger partial charge in [-0.05, 0) is 30.9 Å². The molecule has 1 N–H and O–H groups in total. The van der Waals surface area contributed by atoms with E-state index in [2.05, 4.69) is 20.5 Å². The number of rotatable bonds is 7. The summed E-state index contributed by atoms with van der Waals surface area (Å²) in [6.45, 7) is 2.25. The average molecular weight is 512 g/mol. The maximum absolute atomic E-state index is 13.1. The molecule has 12 heteroatoms. The molecule has 1 fully saturated rings. The lowest BCUT2D eigenvalue weighted by molar-refractivity contribution is -0.116. The molecule has 35 heavy (non-hydrogen) atoms. The van der Waals surface area contributed by atoms with Crippen molar-refractivity contribution < 1.29 is 19.1 Å². The third kappa shape index (κ3) is 4.99. The Kier molecular flexibility index (Phi) is 6.66. The van der Waals surface area contributed by atoms with Gasteiger partial charge in [0.05, 0.1) is 11.7 Å². The number of hydrogen-bond donors (Lipinski definition) is 1. The molecule has 3 aromatic heterocycles. The van der Waals surface area contributed by atoms with Crippen molar-refractivity contribution in [1.29, 1.82) is 0 Å². The first kappa shape index (κ1) is 23.3. The number of hydrogen-bond acceptors (Lipinski definition) is 10. The molecule has 0 aliphatic carbocycles. The number of carbonyl (C=O) groups is 2. The van der Waals surface area contributed by atoms with Crippen LogP contribution in [-0.4, -0.2) is 38.2 Å². The minimum Gasteiger partial charge on any atom is -0.457 e. The van der Waals surface area contributed by atoms with Crippen LogP contribution in [0.25, 0.3) is 10.2 Å². The zero-order chi connectivity index (χ0) is 24.4. The van der Waals surface area contributed by atoms with Crippen molar-refractivity contribution in [2.75, 3.05) is 11.9 Å². The van der Waals surface area contributed by atoms with Gasteiger partial charge in [-0.2, -0.15) is 0 Å². The fourth-order valence-corrected chi connectivity index (χ4v) is 5.63. The molecular formula is C23H21N5O5S2. The molecule has 0 bridgehead atoms. The van der Waals surface area contributed by atoms with E-state index in [1.165, 1.54) is 22.2 Å². The van der Waals surface area contributed by atoms with E-state index in [1.54, 1.807) is 6.92 Å². The zero-order valence-corrected chi connectivity index (χ0v) is 20.4. The van der Waals surface area contributed by atoms with Gasteiger partial charge >= 0.3 is 5.97 Å². The molecule has 1 aliphatic rings. The lowest BCUT2D eigenvalue weighted by Crippen LogP contribution is -2.27. The summed E-state index contributed by atoms with van der Waals surface area (Å²) in [4.78, 5) is 43.3. The Morgan fingerprint density at radius 3 is 2.83 bits per heavy atom. The SMILES string of the molecule is Cc1c(C(=O)OCc2ccccc2)sc2ncn(CC(=O)Nc3nnc(C4CCCO4)s3)c(=O)c12. The monoisotopic (exact) mass is 511 g/mol. The van der Waals surface area contributed by atoms with Gasteiger partial charge in [0.1, 0.15) is 34.0 Å². The predicted octanol–water partition coefficient (Wildman–Crippen LogP) is 3.47. The van der Waals surface area contributed by atoms with E-state index in [4.69, 9.17) is 9.47 Å². The largest absolute Gasteiger partial charge is 0.457 e. The third-order valence-electron chi connectivity index (χ3n) is 5.52. The van der Waals surface area contributed by atoms with Crippen LogP contribution in [0, 0.1) is 6.92 Å². The van der Waals surface area contributed by atoms with Gasteiger partial charge in [0.2, 0.25) is 11.0 Å². The molecule has 1 atom stereocenters. The van der Waals surface area contributed by atoms with Crippen molar-refractivity contribution in [2.24, 2.45) is 0 Å². The Hall–Kier alpha value is -3.48. The van der Waals surface area contributed by atoms with E-state index in [1.807, 2.05) is 30.3 Å². The van der Waals surface area contributed by atoms with Gasteiger partial charge in [0.25, 0.3) is 5.56 Å². The second-order valence-electron chi connectivity index (χ2n) is 7.97. The van der Waals surface area contributed by atoms with Crippen molar-refractivity contribution in [3.8, 4) is 0 Å². The molecule has 0 radical (unpaired) electrons. The fourth-order valence-electron chi connectivity index (χ4n) is 3.76. The molecular weight excluding hydrogens is 490 g/mol. The van der Waals surface area contributed by atoms with Crippen LogP contribution in [0.1, 0.15) is 44.8 Å². The molecule has 1 unspecified atom stereocenters. The molecule has 4 heterocycles. The van der Waals surface area contributed by atoms with Crippen LogP contribution in [0.5, 0.6) is 0 Å². The number of anilines is 1. The number of amides is 1. The highest BCUT2D eigenvalue weighted by atomic mass is 32.1. The Labute approximate surface area is 207 Å². The highest BCUT2D eigenvalue weighted by Crippen LogP contribution is 2.32. The summed E-state index contributed by atoms with van der Waals surface area (Å²) in [7, 11) is 0. The summed E-state index contributed by atoms with van der Waals surface area (Å²) in [5.74, 6) is -0.949. The number of benzene rings is 1. The van der Waals surface area contributed by atoms with Crippen molar-refractivity contribution in [3.63, 3.8) is 0 Å². The summed E-state index contributed by atoms with van der Waals surface area (Å²) in [5.41, 5.74) is 0.948. The number of esters is 1.